The molecule has 0 fully saturated rings. The molecular formula is C53H53N13O12S6. The van der Waals surface area contributed by atoms with Crippen LogP contribution in [0.2, 0.25) is 0 Å². The Kier molecular flexibility index (Phi) is 21.5. The average molecular weight is 1260 g/mol. The summed E-state index contributed by atoms with van der Waals surface area (Å²) in [6.07, 6.45) is 0.208. The molecule has 0 saturated heterocycles. The van der Waals surface area contributed by atoms with Crippen molar-refractivity contribution in [3.63, 3.8) is 0 Å². The van der Waals surface area contributed by atoms with E-state index in [1.165, 1.54) is 58.6 Å². The number of nitrogens with zero attached hydrogens (tertiary/aromatic N) is 8. The number of ether oxygens (including phenoxy) is 2. The molecule has 8 N–H and O–H groups in total. The van der Waals surface area contributed by atoms with Crippen molar-refractivity contribution in [2.45, 2.75) is 71.1 Å². The quantitative estimate of drug-likeness (QED) is 0.0229. The van der Waals surface area contributed by atoms with Crippen molar-refractivity contribution in [2.24, 2.45) is 5.73 Å². The number of methoxy groups -OCH3 is 1. The predicted octanol–water partition coefficient (Wildman–Crippen LogP) is 7.15. The van der Waals surface area contributed by atoms with Gasteiger partial charge in [0.05, 0.1) is 54.3 Å². The standard InChI is InChI=1S/C53H53N13O12S6/c1-27-43(47(74)57-21-40-64-45(35(84-40)22-77-3)48(75)56-20-36(54)67)65-52(83-27)31(19-38(68)55-2)60-46(73)33-24-80-49(62-33)29-14-15-30(50-63-37(26-82-50)66(17-7-11-41(69)70)53(76)78-18-8-12-42(71)72)59-44(29)32-23-81-51(61-32)34-25-79-39(58-34)16-13-28-9-5-4-6-10-28/h4-6,9-10,14-15,23-26,31H,7-8,11-13,16-22H2,1-3H3,(H2,54,67)(H,55,68)(H,56,75)(H,57,74)(H,60,73)(H,69,70)(H,71,72)/t31-/m0/s1. The lowest BCUT2D eigenvalue weighted by Gasteiger charge is -2.19. The second-order valence-corrected chi connectivity index (χ2v) is 24.0. The zero-order chi connectivity index (χ0) is 59.9. The molecule has 0 aliphatic rings. The molecule has 438 valence electrons. The molecule has 6 amide bonds. The number of nitrogens with one attached hydrogen (secondary N) is 4. The van der Waals surface area contributed by atoms with E-state index < -0.39 is 60.2 Å². The molecule has 1 aromatic carbocycles. The summed E-state index contributed by atoms with van der Waals surface area (Å²) in [6, 6.07) is 12.6. The highest BCUT2D eigenvalue weighted by Gasteiger charge is 2.29. The monoisotopic (exact) mass is 1260 g/mol. The molecular weight excluding hydrogens is 1200 g/mol. The van der Waals surface area contributed by atoms with Crippen molar-refractivity contribution in [3.05, 3.63) is 111 Å². The number of aromatic nitrogens is 7. The fraction of sp³-hybridized carbons (Fsp3) is 0.302. The minimum atomic E-state index is -1.05. The second-order valence-electron chi connectivity index (χ2n) is 18.1. The lowest BCUT2D eigenvalue weighted by atomic mass is 10.1. The van der Waals surface area contributed by atoms with Gasteiger partial charge < -0.3 is 46.7 Å². The van der Waals surface area contributed by atoms with Crippen LogP contribution >= 0.6 is 68.0 Å². The van der Waals surface area contributed by atoms with Gasteiger partial charge in [-0.1, -0.05) is 30.3 Å². The van der Waals surface area contributed by atoms with Gasteiger partial charge >= 0.3 is 18.0 Å². The number of carbonyl (C=O) groups excluding carboxylic acids is 6. The number of aliphatic carboxylic acids is 2. The number of hydrogen-bond donors (Lipinski definition) is 7. The largest absolute Gasteiger partial charge is 0.481 e. The number of pyridine rings is 1. The lowest BCUT2D eigenvalue weighted by Crippen LogP contribution is -2.34. The van der Waals surface area contributed by atoms with Gasteiger partial charge in [0.2, 0.25) is 11.8 Å². The van der Waals surface area contributed by atoms with E-state index in [1.54, 1.807) is 29.8 Å². The van der Waals surface area contributed by atoms with E-state index in [0.717, 1.165) is 51.9 Å². The van der Waals surface area contributed by atoms with E-state index in [4.69, 9.17) is 45.2 Å². The van der Waals surface area contributed by atoms with Gasteiger partial charge in [0.1, 0.15) is 65.0 Å². The number of primary amides is 1. The molecule has 25 nitrogen and oxygen atoms in total. The Hall–Kier alpha value is -8.33. The van der Waals surface area contributed by atoms with Crippen LogP contribution in [0.25, 0.3) is 43.4 Å². The first-order chi connectivity index (χ1) is 40.5. The van der Waals surface area contributed by atoms with Crippen LogP contribution in [-0.4, -0.2) is 127 Å². The third-order valence-electron chi connectivity index (χ3n) is 11.9. The van der Waals surface area contributed by atoms with Gasteiger partial charge in [-0.3, -0.25) is 38.5 Å². The Morgan fingerprint density at radius 1 is 0.702 bits per heavy atom. The Morgan fingerprint density at radius 2 is 1.43 bits per heavy atom. The van der Waals surface area contributed by atoms with Crippen molar-refractivity contribution in [3.8, 4) is 43.4 Å². The molecule has 0 unspecified atom stereocenters. The van der Waals surface area contributed by atoms with E-state index in [2.05, 4.69) is 43.4 Å². The third kappa shape index (κ3) is 16.5. The molecule has 8 aromatic rings. The van der Waals surface area contributed by atoms with E-state index >= 15 is 0 Å². The van der Waals surface area contributed by atoms with E-state index in [1.807, 2.05) is 29.0 Å². The van der Waals surface area contributed by atoms with Gasteiger partial charge in [-0.05, 0) is 43.9 Å². The molecule has 7 heterocycles. The number of hydrogen-bond acceptors (Lipinski definition) is 23. The van der Waals surface area contributed by atoms with Crippen molar-refractivity contribution >= 4 is 121 Å². The molecule has 84 heavy (non-hydrogen) atoms. The number of benzene rings is 1. The molecule has 1 atom stereocenters. The highest BCUT2D eigenvalue weighted by atomic mass is 32.1. The summed E-state index contributed by atoms with van der Waals surface area (Å²) in [5.41, 5.74) is 8.85. The van der Waals surface area contributed by atoms with Crippen molar-refractivity contribution in [1.29, 1.82) is 0 Å². The van der Waals surface area contributed by atoms with Gasteiger partial charge in [0.15, 0.2) is 0 Å². The van der Waals surface area contributed by atoms with Crippen molar-refractivity contribution in [2.75, 3.05) is 38.8 Å². The van der Waals surface area contributed by atoms with Gasteiger partial charge in [0, 0.05) is 71.9 Å². The first-order valence-corrected chi connectivity index (χ1v) is 30.7. The zero-order valence-electron chi connectivity index (χ0n) is 45.0. The van der Waals surface area contributed by atoms with Gasteiger partial charge in [-0.2, -0.15) is 0 Å². The number of aryl methyl sites for hydroxylation is 3. The van der Waals surface area contributed by atoms with E-state index in [-0.39, 0.29) is 86.3 Å². The SMILES string of the molecule is CNC(=O)C[C@H](NC(=O)c1csc(-c2ccc(-c3nc(N(CCCC(=O)O)C(=O)OCCCC(=O)O)cs3)nc2-c2csc(-c3csc(CCc4ccccc4)n3)n2)n1)c1nc(C(=O)NCc2nc(C(=O)NCC(N)=O)c(COC)s2)c(C)s1. The average Bonchev–Trinajstić information content (AvgIpc) is 4.47. The number of rotatable bonds is 29. The number of amides is 6. The van der Waals surface area contributed by atoms with Crippen LogP contribution in [0.4, 0.5) is 10.6 Å². The molecule has 0 radical (unpaired) electrons. The van der Waals surface area contributed by atoms with Crippen LogP contribution in [-0.2, 0) is 54.6 Å². The van der Waals surface area contributed by atoms with Crippen molar-refractivity contribution < 1.29 is 58.0 Å². The Balaban J connectivity index is 1.05. The minimum Gasteiger partial charge on any atom is -0.481 e. The molecule has 0 saturated carbocycles. The summed E-state index contributed by atoms with van der Waals surface area (Å²) in [6.45, 7) is 1.00. The number of thiazole rings is 6. The zero-order valence-corrected chi connectivity index (χ0v) is 49.9. The molecule has 7 aromatic heterocycles. The lowest BCUT2D eigenvalue weighted by molar-refractivity contribution is -0.138. The van der Waals surface area contributed by atoms with Gasteiger partial charge in [0.25, 0.3) is 17.7 Å². The Labute approximate surface area is 502 Å². The van der Waals surface area contributed by atoms with Gasteiger partial charge in [-0.15, -0.1) is 68.0 Å². The van der Waals surface area contributed by atoms with Crippen LogP contribution in [0.1, 0.15) is 100.0 Å². The van der Waals surface area contributed by atoms with E-state index in [9.17, 15) is 43.5 Å². The summed E-state index contributed by atoms with van der Waals surface area (Å²) in [5.74, 6) is -4.95. The topological polar surface area (TPSA) is 363 Å². The maximum absolute atomic E-state index is 14.2. The van der Waals surface area contributed by atoms with E-state index in [0.29, 0.717) is 58.1 Å². The predicted molar refractivity (Wildman–Crippen MR) is 316 cm³/mol. The fourth-order valence-electron chi connectivity index (χ4n) is 7.89. The molecule has 0 aliphatic carbocycles. The molecule has 0 bridgehead atoms. The van der Waals surface area contributed by atoms with Crippen LogP contribution in [0.15, 0.2) is 64.0 Å². The number of carboxylic acids is 2. The summed E-state index contributed by atoms with van der Waals surface area (Å²) >= 11 is 7.47. The molecule has 0 aliphatic heterocycles. The van der Waals surface area contributed by atoms with Crippen LogP contribution < -0.4 is 31.9 Å². The number of carbonyl (C=O) groups is 8. The Bertz CT molecular complexity index is 3690. The maximum atomic E-state index is 14.2. The summed E-state index contributed by atoms with van der Waals surface area (Å²) in [7, 11) is 2.89. The van der Waals surface area contributed by atoms with Crippen LogP contribution in [0, 0.1) is 6.92 Å². The first-order valence-electron chi connectivity index (χ1n) is 25.5. The molecule has 0 spiro atoms. The third-order valence-corrected chi connectivity index (χ3v) is 17.6. The van der Waals surface area contributed by atoms with Crippen LogP contribution in [0.3, 0.4) is 0 Å². The number of anilines is 1. The minimum absolute atomic E-state index is 0.00372. The summed E-state index contributed by atoms with van der Waals surface area (Å²) < 4.78 is 10.6. The van der Waals surface area contributed by atoms with Gasteiger partial charge in [-0.25, -0.2) is 39.7 Å². The van der Waals surface area contributed by atoms with Crippen LogP contribution in [0.5, 0.6) is 0 Å². The summed E-state index contributed by atoms with van der Waals surface area (Å²) in [4.78, 5) is 136. The fourth-order valence-corrected chi connectivity index (χ4v) is 13.1. The maximum Gasteiger partial charge on any atom is 0.415 e. The number of carboxylic acid groups (broad SMARTS) is 2. The molecule has 31 heteroatoms. The number of nitrogens with two attached hydrogens (primary N) is 1. The highest BCUT2D eigenvalue weighted by molar-refractivity contribution is 7.15. The normalized spacial score (nSPS) is 11.4. The first kappa shape index (κ1) is 61.7. The molecule has 8 rings (SSSR count). The Morgan fingerprint density at radius 3 is 2.18 bits per heavy atom. The smallest absolute Gasteiger partial charge is 0.415 e. The van der Waals surface area contributed by atoms with Crippen molar-refractivity contribution in [1.82, 2.24) is 56.2 Å². The summed E-state index contributed by atoms with van der Waals surface area (Å²) in [5, 5.41) is 38.9. The highest BCUT2D eigenvalue weighted by Crippen LogP contribution is 2.39. The second kappa shape index (κ2) is 29.3.